The van der Waals surface area contributed by atoms with Gasteiger partial charge in [0.1, 0.15) is 0 Å². The van der Waals surface area contributed by atoms with Crippen molar-refractivity contribution >= 4 is 50.5 Å². The molecule has 1 aliphatic heterocycles. The van der Waals surface area contributed by atoms with Gasteiger partial charge in [-0.05, 0) is 66.0 Å². The van der Waals surface area contributed by atoms with E-state index in [0.29, 0.717) is 5.92 Å². The van der Waals surface area contributed by atoms with Crippen molar-refractivity contribution in [2.24, 2.45) is 5.92 Å². The monoisotopic (exact) mass is 519 g/mol. The van der Waals surface area contributed by atoms with Crippen molar-refractivity contribution < 1.29 is 0 Å². The molecule has 1 aliphatic rings. The molecule has 0 radical (unpaired) electrons. The Morgan fingerprint density at radius 3 is 2.66 bits per heavy atom. The van der Waals surface area contributed by atoms with Crippen molar-refractivity contribution in [2.75, 3.05) is 29.9 Å². The van der Waals surface area contributed by atoms with E-state index in [9.17, 15) is 0 Å². The molecule has 0 saturated carbocycles. The molecule has 0 bridgehead atoms. The highest BCUT2D eigenvalue weighted by Gasteiger charge is 2.31. The maximum absolute atomic E-state index is 5.92. The van der Waals surface area contributed by atoms with Gasteiger partial charge < -0.3 is 15.1 Å². The van der Waals surface area contributed by atoms with E-state index in [-0.39, 0.29) is 6.04 Å². The van der Waals surface area contributed by atoms with Crippen molar-refractivity contribution in [1.82, 2.24) is 25.1 Å². The first-order valence-electron chi connectivity index (χ1n) is 12.9. The summed E-state index contributed by atoms with van der Waals surface area (Å²) in [6.45, 7) is 6.93. The van der Waals surface area contributed by atoms with Gasteiger partial charge in [-0.15, -0.1) is 10.2 Å². The molecule has 0 amide bonds. The summed E-state index contributed by atoms with van der Waals surface area (Å²) >= 11 is 5.92. The molecule has 190 valence electrons. The number of fused-ring (bicyclic) bond motifs is 2. The summed E-state index contributed by atoms with van der Waals surface area (Å²) in [5, 5.41) is 16.8. The SMILES string of the molecule is CC(C)C1CN(c2ccc(-c3cccc4cnccc34)nn2)CCN1C(=S)Nc1cccc2ncccc12. The predicted octanol–water partition coefficient (Wildman–Crippen LogP) is 5.78. The molecular weight excluding hydrogens is 490 g/mol. The fourth-order valence-electron chi connectivity index (χ4n) is 5.22. The maximum atomic E-state index is 5.92. The minimum atomic E-state index is 0.240. The molecule has 8 heteroatoms. The molecule has 0 spiro atoms. The van der Waals surface area contributed by atoms with Gasteiger partial charge in [0, 0.05) is 60.2 Å². The van der Waals surface area contributed by atoms with Gasteiger partial charge in [-0.2, -0.15) is 0 Å². The van der Waals surface area contributed by atoms with Crippen LogP contribution in [0.5, 0.6) is 0 Å². The molecule has 1 saturated heterocycles. The summed E-state index contributed by atoms with van der Waals surface area (Å²) in [5.41, 5.74) is 3.86. The molecule has 38 heavy (non-hydrogen) atoms. The van der Waals surface area contributed by atoms with E-state index >= 15 is 0 Å². The largest absolute Gasteiger partial charge is 0.351 e. The first kappa shape index (κ1) is 24.2. The molecule has 4 heterocycles. The Morgan fingerprint density at radius 1 is 0.921 bits per heavy atom. The van der Waals surface area contributed by atoms with Crippen LogP contribution in [0.3, 0.4) is 0 Å². The molecule has 3 aromatic heterocycles. The van der Waals surface area contributed by atoms with Crippen LogP contribution in [0.2, 0.25) is 0 Å². The van der Waals surface area contributed by atoms with Crippen LogP contribution in [-0.4, -0.2) is 55.9 Å². The lowest BCUT2D eigenvalue weighted by Crippen LogP contribution is -2.58. The lowest BCUT2D eigenvalue weighted by molar-refractivity contribution is 0.227. The van der Waals surface area contributed by atoms with E-state index in [4.69, 9.17) is 12.2 Å². The molecule has 6 rings (SSSR count). The number of piperazine rings is 1. The Labute approximate surface area is 227 Å². The summed E-state index contributed by atoms with van der Waals surface area (Å²) in [7, 11) is 0. The number of aromatic nitrogens is 4. The van der Waals surface area contributed by atoms with Crippen LogP contribution in [0.25, 0.3) is 32.9 Å². The molecule has 0 aliphatic carbocycles. The lowest BCUT2D eigenvalue weighted by Gasteiger charge is -2.45. The Balaban J connectivity index is 1.20. The van der Waals surface area contributed by atoms with E-state index < -0.39 is 0 Å². The van der Waals surface area contributed by atoms with Crippen molar-refractivity contribution in [3.05, 3.63) is 85.3 Å². The van der Waals surface area contributed by atoms with E-state index in [1.807, 2.05) is 48.9 Å². The standard InChI is InChI=1S/C30H29N7S/c1-20(2)28-19-36(16-17-37(28)30(38)33-26-10-4-9-25-24(26)8-5-14-32-25)29-12-11-27(34-35-29)23-7-3-6-21-18-31-15-13-22(21)23/h3-15,18,20,28H,16-17,19H2,1-2H3,(H,33,38). The Bertz CT molecular complexity index is 1590. The van der Waals surface area contributed by atoms with Gasteiger partial charge in [0.15, 0.2) is 10.9 Å². The molecular formula is C30H29N7S. The zero-order chi connectivity index (χ0) is 26.1. The fraction of sp³-hybridized carbons (Fsp3) is 0.233. The number of pyridine rings is 2. The first-order chi connectivity index (χ1) is 18.6. The van der Waals surface area contributed by atoms with Crippen LogP contribution < -0.4 is 10.2 Å². The van der Waals surface area contributed by atoms with Crippen molar-refractivity contribution in [1.29, 1.82) is 0 Å². The summed E-state index contributed by atoms with van der Waals surface area (Å²) < 4.78 is 0. The first-order valence-corrected chi connectivity index (χ1v) is 13.3. The Hall–Kier alpha value is -4.17. The Morgan fingerprint density at radius 2 is 1.82 bits per heavy atom. The van der Waals surface area contributed by atoms with Gasteiger partial charge in [0.05, 0.1) is 17.3 Å². The van der Waals surface area contributed by atoms with Crippen LogP contribution in [0.15, 0.2) is 85.3 Å². The van der Waals surface area contributed by atoms with Gasteiger partial charge in [0.2, 0.25) is 0 Å². The average Bonchev–Trinajstić information content (AvgIpc) is 2.97. The molecule has 1 fully saturated rings. The van der Waals surface area contributed by atoms with Gasteiger partial charge >= 0.3 is 0 Å². The third-order valence-electron chi connectivity index (χ3n) is 7.27. The van der Waals surface area contributed by atoms with Crippen LogP contribution in [0.1, 0.15) is 13.8 Å². The zero-order valence-electron chi connectivity index (χ0n) is 21.5. The number of rotatable bonds is 4. The molecule has 2 aromatic carbocycles. The molecule has 5 aromatic rings. The number of anilines is 2. The third-order valence-corrected chi connectivity index (χ3v) is 7.60. The van der Waals surface area contributed by atoms with Gasteiger partial charge in [-0.1, -0.05) is 38.1 Å². The molecule has 1 atom stereocenters. The predicted molar refractivity (Wildman–Crippen MR) is 158 cm³/mol. The third kappa shape index (κ3) is 4.63. The second kappa shape index (κ2) is 10.3. The van der Waals surface area contributed by atoms with Crippen molar-refractivity contribution in [3.63, 3.8) is 0 Å². The van der Waals surface area contributed by atoms with Crippen LogP contribution in [-0.2, 0) is 0 Å². The minimum absolute atomic E-state index is 0.240. The highest BCUT2D eigenvalue weighted by molar-refractivity contribution is 7.80. The van der Waals surface area contributed by atoms with Crippen LogP contribution >= 0.6 is 12.2 Å². The number of thiocarbonyl (C=S) groups is 1. The van der Waals surface area contributed by atoms with E-state index in [0.717, 1.165) is 69.2 Å². The van der Waals surface area contributed by atoms with Gasteiger partial charge in [-0.3, -0.25) is 9.97 Å². The average molecular weight is 520 g/mol. The minimum Gasteiger partial charge on any atom is -0.351 e. The quantitative estimate of drug-likeness (QED) is 0.300. The van der Waals surface area contributed by atoms with Crippen molar-refractivity contribution in [2.45, 2.75) is 19.9 Å². The lowest BCUT2D eigenvalue weighted by atomic mass is 10.00. The molecule has 7 nitrogen and oxygen atoms in total. The van der Waals surface area contributed by atoms with Crippen LogP contribution in [0.4, 0.5) is 11.5 Å². The smallest absolute Gasteiger partial charge is 0.173 e. The topological polar surface area (TPSA) is 70.1 Å². The van der Waals surface area contributed by atoms with E-state index in [2.05, 4.69) is 85.5 Å². The summed E-state index contributed by atoms with van der Waals surface area (Å²) in [6.07, 6.45) is 5.51. The molecule has 1 N–H and O–H groups in total. The van der Waals surface area contributed by atoms with Crippen LogP contribution in [0, 0.1) is 5.92 Å². The highest BCUT2D eigenvalue weighted by Crippen LogP contribution is 2.29. The molecule has 1 unspecified atom stereocenters. The van der Waals surface area contributed by atoms with Gasteiger partial charge in [0.25, 0.3) is 0 Å². The number of benzene rings is 2. The summed E-state index contributed by atoms with van der Waals surface area (Å²) in [6, 6.07) is 22.7. The zero-order valence-corrected chi connectivity index (χ0v) is 22.3. The number of hydrogen-bond donors (Lipinski definition) is 1. The Kier molecular flexibility index (Phi) is 6.55. The fourth-order valence-corrected chi connectivity index (χ4v) is 5.56. The number of nitrogens with one attached hydrogen (secondary N) is 1. The van der Waals surface area contributed by atoms with E-state index in [1.165, 1.54) is 0 Å². The number of hydrogen-bond acceptors (Lipinski definition) is 6. The summed E-state index contributed by atoms with van der Waals surface area (Å²) in [5.74, 6) is 1.29. The normalized spacial score (nSPS) is 15.8. The number of nitrogens with zero attached hydrogens (tertiary/aromatic N) is 6. The van der Waals surface area contributed by atoms with Gasteiger partial charge in [-0.25, -0.2) is 0 Å². The maximum Gasteiger partial charge on any atom is 0.173 e. The summed E-state index contributed by atoms with van der Waals surface area (Å²) in [4.78, 5) is 13.3. The van der Waals surface area contributed by atoms with E-state index in [1.54, 1.807) is 0 Å². The van der Waals surface area contributed by atoms with Crippen molar-refractivity contribution in [3.8, 4) is 11.3 Å². The second-order valence-electron chi connectivity index (χ2n) is 9.94. The second-order valence-corrected chi connectivity index (χ2v) is 10.3. The highest BCUT2D eigenvalue weighted by atomic mass is 32.1.